The van der Waals surface area contributed by atoms with Crippen molar-refractivity contribution in [3.05, 3.63) is 29.5 Å². The highest BCUT2D eigenvalue weighted by Gasteiger charge is 2.15. The number of pyridine rings is 1. The second-order valence-electron chi connectivity index (χ2n) is 4.10. The quantitative estimate of drug-likeness (QED) is 0.858. The number of nitrogens with one attached hydrogen (secondary N) is 1. The molecule has 0 amide bonds. The van der Waals surface area contributed by atoms with Gasteiger partial charge in [-0.1, -0.05) is 6.07 Å². The topological polar surface area (TPSA) is 60.5 Å². The summed E-state index contributed by atoms with van der Waals surface area (Å²) < 4.78 is 10.0. The number of carbonyl (C=O) groups excluding carboxylic acids is 1. The Kier molecular flexibility index (Phi) is 3.55. The molecule has 1 N–H and O–H groups in total. The summed E-state index contributed by atoms with van der Waals surface area (Å²) >= 11 is 0. The van der Waals surface area contributed by atoms with E-state index in [1.54, 1.807) is 20.2 Å². The molecule has 0 fully saturated rings. The standard InChI is InChI=1S/C14H16N2O3/c1-8-5-6-11(18-3)13-12(8)9(15-2)7-10(16-13)14(17)19-4/h5-7H,1-4H3,(H,15,16). The molecule has 0 aliphatic heterocycles. The Hall–Kier alpha value is -2.30. The lowest BCUT2D eigenvalue weighted by atomic mass is 10.1. The van der Waals surface area contributed by atoms with Gasteiger partial charge in [0.1, 0.15) is 11.3 Å². The van der Waals surface area contributed by atoms with E-state index in [1.807, 2.05) is 19.1 Å². The lowest BCUT2D eigenvalue weighted by Crippen LogP contribution is -2.07. The van der Waals surface area contributed by atoms with Crippen LogP contribution in [0.5, 0.6) is 5.75 Å². The number of aromatic nitrogens is 1. The number of rotatable bonds is 3. The van der Waals surface area contributed by atoms with E-state index in [0.717, 1.165) is 16.6 Å². The number of anilines is 1. The van der Waals surface area contributed by atoms with E-state index in [1.165, 1.54) is 7.11 Å². The molecule has 5 nitrogen and oxygen atoms in total. The maximum absolute atomic E-state index is 11.7. The van der Waals surface area contributed by atoms with Crippen LogP contribution in [0.4, 0.5) is 5.69 Å². The van der Waals surface area contributed by atoms with Gasteiger partial charge in [0, 0.05) is 18.1 Å². The predicted molar refractivity (Wildman–Crippen MR) is 73.9 cm³/mol. The second-order valence-corrected chi connectivity index (χ2v) is 4.10. The third kappa shape index (κ3) is 2.19. The van der Waals surface area contributed by atoms with Crippen molar-refractivity contribution < 1.29 is 14.3 Å². The summed E-state index contributed by atoms with van der Waals surface area (Å²) in [5, 5.41) is 4.02. The first-order valence-electron chi connectivity index (χ1n) is 5.86. The molecule has 0 saturated heterocycles. The molecular weight excluding hydrogens is 244 g/mol. The van der Waals surface area contributed by atoms with E-state index in [2.05, 4.69) is 10.3 Å². The SMILES string of the molecule is CNc1cc(C(=O)OC)nc2c(OC)ccc(C)c12. The first kappa shape index (κ1) is 13.1. The van der Waals surface area contributed by atoms with Crippen LogP contribution in [0, 0.1) is 6.92 Å². The molecule has 100 valence electrons. The monoisotopic (exact) mass is 260 g/mol. The lowest BCUT2D eigenvalue weighted by Gasteiger charge is -2.13. The fourth-order valence-corrected chi connectivity index (χ4v) is 2.06. The lowest BCUT2D eigenvalue weighted by molar-refractivity contribution is 0.0594. The Labute approximate surface area is 111 Å². The van der Waals surface area contributed by atoms with Gasteiger partial charge < -0.3 is 14.8 Å². The Morgan fingerprint density at radius 3 is 2.63 bits per heavy atom. The van der Waals surface area contributed by atoms with Crippen molar-refractivity contribution in [3.63, 3.8) is 0 Å². The van der Waals surface area contributed by atoms with Crippen LogP contribution < -0.4 is 10.1 Å². The van der Waals surface area contributed by atoms with Gasteiger partial charge in [-0.25, -0.2) is 9.78 Å². The van der Waals surface area contributed by atoms with Crippen LogP contribution in [-0.2, 0) is 4.74 Å². The molecule has 5 heteroatoms. The van der Waals surface area contributed by atoms with Crippen LogP contribution >= 0.6 is 0 Å². The smallest absolute Gasteiger partial charge is 0.356 e. The highest BCUT2D eigenvalue weighted by atomic mass is 16.5. The summed E-state index contributed by atoms with van der Waals surface area (Å²) in [5.74, 6) is 0.157. The maximum atomic E-state index is 11.7. The van der Waals surface area contributed by atoms with Crippen LogP contribution in [-0.4, -0.2) is 32.2 Å². The Balaban J connectivity index is 2.84. The molecule has 0 radical (unpaired) electrons. The van der Waals surface area contributed by atoms with Gasteiger partial charge in [-0.15, -0.1) is 0 Å². The maximum Gasteiger partial charge on any atom is 0.356 e. The van der Waals surface area contributed by atoms with Gasteiger partial charge in [0.2, 0.25) is 0 Å². The number of nitrogens with zero attached hydrogens (tertiary/aromatic N) is 1. The molecule has 0 unspecified atom stereocenters. The number of esters is 1. The number of aryl methyl sites for hydroxylation is 1. The fourth-order valence-electron chi connectivity index (χ4n) is 2.06. The molecule has 0 bridgehead atoms. The molecule has 0 saturated carbocycles. The summed E-state index contributed by atoms with van der Waals surface area (Å²) in [6.45, 7) is 1.99. The van der Waals surface area contributed by atoms with Gasteiger partial charge in [0.25, 0.3) is 0 Å². The van der Waals surface area contributed by atoms with Crippen LogP contribution in [0.2, 0.25) is 0 Å². The minimum atomic E-state index is -0.470. The summed E-state index contributed by atoms with van der Waals surface area (Å²) in [4.78, 5) is 16.0. The summed E-state index contributed by atoms with van der Waals surface area (Å²) in [7, 11) is 4.71. The molecule has 1 aromatic heterocycles. The van der Waals surface area contributed by atoms with Gasteiger partial charge in [-0.2, -0.15) is 0 Å². The van der Waals surface area contributed by atoms with Crippen molar-refractivity contribution in [1.29, 1.82) is 0 Å². The number of fused-ring (bicyclic) bond motifs is 1. The van der Waals surface area contributed by atoms with Gasteiger partial charge in [0.05, 0.1) is 14.2 Å². The van der Waals surface area contributed by atoms with Gasteiger partial charge in [-0.05, 0) is 24.6 Å². The van der Waals surface area contributed by atoms with Crippen molar-refractivity contribution in [2.24, 2.45) is 0 Å². The van der Waals surface area contributed by atoms with E-state index >= 15 is 0 Å². The van der Waals surface area contributed by atoms with Crippen molar-refractivity contribution in [3.8, 4) is 5.75 Å². The zero-order valence-electron chi connectivity index (χ0n) is 11.4. The van der Waals surface area contributed by atoms with Gasteiger partial charge >= 0.3 is 5.97 Å². The zero-order chi connectivity index (χ0) is 14.0. The number of hydrogen-bond donors (Lipinski definition) is 1. The van der Waals surface area contributed by atoms with Crippen molar-refractivity contribution >= 4 is 22.6 Å². The van der Waals surface area contributed by atoms with Gasteiger partial charge in [0.15, 0.2) is 5.69 Å². The number of benzene rings is 1. The molecule has 0 spiro atoms. The fraction of sp³-hybridized carbons (Fsp3) is 0.286. The van der Waals surface area contributed by atoms with Crippen LogP contribution in [0.3, 0.4) is 0 Å². The molecule has 0 aliphatic rings. The first-order valence-corrected chi connectivity index (χ1v) is 5.86. The molecule has 2 aromatic rings. The minimum absolute atomic E-state index is 0.253. The molecule has 2 rings (SSSR count). The van der Waals surface area contributed by atoms with E-state index in [9.17, 15) is 4.79 Å². The number of hydrogen-bond acceptors (Lipinski definition) is 5. The highest BCUT2D eigenvalue weighted by Crippen LogP contribution is 2.32. The van der Waals surface area contributed by atoms with Crippen LogP contribution in [0.1, 0.15) is 16.1 Å². The summed E-state index contributed by atoms with van der Waals surface area (Å²) in [5.41, 5.74) is 2.78. The minimum Gasteiger partial charge on any atom is -0.494 e. The predicted octanol–water partition coefficient (Wildman–Crippen LogP) is 2.38. The first-order chi connectivity index (χ1) is 9.12. The molecule has 0 atom stereocenters. The van der Waals surface area contributed by atoms with E-state index in [-0.39, 0.29) is 5.69 Å². The normalized spacial score (nSPS) is 10.3. The van der Waals surface area contributed by atoms with Gasteiger partial charge in [-0.3, -0.25) is 0 Å². The number of ether oxygens (including phenoxy) is 2. The zero-order valence-corrected chi connectivity index (χ0v) is 11.4. The molecule has 19 heavy (non-hydrogen) atoms. The van der Waals surface area contributed by atoms with E-state index in [0.29, 0.717) is 11.3 Å². The Bertz CT molecular complexity index is 638. The summed E-state index contributed by atoms with van der Waals surface area (Å²) in [6, 6.07) is 5.48. The molecule has 1 aromatic carbocycles. The van der Waals surface area contributed by atoms with Crippen LogP contribution in [0.15, 0.2) is 18.2 Å². The second kappa shape index (κ2) is 5.14. The summed E-state index contributed by atoms with van der Waals surface area (Å²) in [6.07, 6.45) is 0. The average Bonchev–Trinajstić information content (AvgIpc) is 2.45. The molecular formula is C14H16N2O3. The number of carbonyl (C=O) groups is 1. The molecule has 1 heterocycles. The largest absolute Gasteiger partial charge is 0.494 e. The third-order valence-corrected chi connectivity index (χ3v) is 3.02. The third-order valence-electron chi connectivity index (χ3n) is 3.02. The number of methoxy groups -OCH3 is 2. The Morgan fingerprint density at radius 2 is 2.05 bits per heavy atom. The van der Waals surface area contributed by atoms with E-state index in [4.69, 9.17) is 9.47 Å². The Morgan fingerprint density at radius 1 is 1.32 bits per heavy atom. The molecule has 0 aliphatic carbocycles. The van der Waals surface area contributed by atoms with Crippen molar-refractivity contribution in [1.82, 2.24) is 4.98 Å². The highest BCUT2D eigenvalue weighted by molar-refractivity contribution is 6.01. The van der Waals surface area contributed by atoms with Crippen molar-refractivity contribution in [2.75, 3.05) is 26.6 Å². The average molecular weight is 260 g/mol. The van der Waals surface area contributed by atoms with Crippen LogP contribution in [0.25, 0.3) is 10.9 Å². The van der Waals surface area contributed by atoms with Crippen molar-refractivity contribution in [2.45, 2.75) is 6.92 Å². The van der Waals surface area contributed by atoms with E-state index < -0.39 is 5.97 Å².